The number of hydrogen-bond donors (Lipinski definition) is 0. The molecule has 0 N–H and O–H groups in total. The minimum absolute atomic E-state index is 0.139. The Morgan fingerprint density at radius 3 is 2.42 bits per heavy atom. The number of hydrogen-bond acceptors (Lipinski definition) is 1. The van der Waals surface area contributed by atoms with Crippen molar-refractivity contribution in [2.45, 2.75) is 86.5 Å². The summed E-state index contributed by atoms with van der Waals surface area (Å²) in [6.07, 6.45) is 11.1. The zero-order valence-electron chi connectivity index (χ0n) is 16.7. The van der Waals surface area contributed by atoms with E-state index in [4.69, 9.17) is 0 Å². The molecule has 3 fully saturated rings. The molecular formula is C23H36O. The van der Waals surface area contributed by atoms with Crippen molar-refractivity contribution in [1.29, 1.82) is 0 Å². The van der Waals surface area contributed by atoms with E-state index < -0.39 is 0 Å². The van der Waals surface area contributed by atoms with Crippen molar-refractivity contribution < 1.29 is 4.79 Å². The van der Waals surface area contributed by atoms with Crippen LogP contribution in [0.4, 0.5) is 0 Å². The van der Waals surface area contributed by atoms with E-state index in [1.54, 1.807) is 5.57 Å². The highest BCUT2D eigenvalue weighted by Crippen LogP contribution is 2.72. The largest absolute Gasteiger partial charge is 0.299 e. The quantitative estimate of drug-likeness (QED) is 0.485. The summed E-state index contributed by atoms with van der Waals surface area (Å²) >= 11 is 0. The van der Waals surface area contributed by atoms with Gasteiger partial charge < -0.3 is 0 Å². The van der Waals surface area contributed by atoms with E-state index in [1.165, 1.54) is 25.7 Å². The van der Waals surface area contributed by atoms with E-state index in [9.17, 15) is 4.79 Å². The van der Waals surface area contributed by atoms with Crippen molar-refractivity contribution in [3.05, 3.63) is 11.6 Å². The van der Waals surface area contributed by atoms with E-state index in [1.807, 2.05) is 0 Å². The predicted molar refractivity (Wildman–Crippen MR) is 99.7 cm³/mol. The number of carbonyl (C=O) groups excluding carboxylic acids is 1. The van der Waals surface area contributed by atoms with Crippen molar-refractivity contribution in [3.8, 4) is 0 Å². The first-order valence-electron chi connectivity index (χ1n) is 10.3. The highest BCUT2D eigenvalue weighted by Gasteiger charge is 2.64. The summed E-state index contributed by atoms with van der Waals surface area (Å²) in [5.74, 6) is 2.60. The third-order valence-electron chi connectivity index (χ3n) is 10.0. The van der Waals surface area contributed by atoms with Crippen LogP contribution in [-0.4, -0.2) is 5.78 Å². The van der Waals surface area contributed by atoms with Gasteiger partial charge in [0.25, 0.3) is 0 Å². The second kappa shape index (κ2) is 4.77. The SMILES string of the molecule is C[C@@H]1CC[C@]2(C)C3=CCC4C(C)(C)C(=O)CC[C@]4(C)C3CC[C@@]12C. The Morgan fingerprint density at radius 1 is 1.00 bits per heavy atom. The first kappa shape index (κ1) is 16.9. The first-order valence-corrected chi connectivity index (χ1v) is 10.3. The molecule has 0 radical (unpaired) electrons. The van der Waals surface area contributed by atoms with Gasteiger partial charge in [-0.25, -0.2) is 0 Å². The van der Waals surface area contributed by atoms with Gasteiger partial charge >= 0.3 is 0 Å². The van der Waals surface area contributed by atoms with Crippen LogP contribution in [0.2, 0.25) is 0 Å². The molecule has 134 valence electrons. The fraction of sp³-hybridized carbons (Fsp3) is 0.870. The molecule has 0 heterocycles. The lowest BCUT2D eigenvalue weighted by Crippen LogP contribution is -2.56. The molecule has 0 spiro atoms. The second-order valence-corrected chi connectivity index (χ2v) is 10.9. The van der Waals surface area contributed by atoms with Gasteiger partial charge in [0.2, 0.25) is 0 Å². The van der Waals surface area contributed by atoms with Gasteiger partial charge in [-0.3, -0.25) is 4.79 Å². The summed E-state index contributed by atoms with van der Waals surface area (Å²) in [4.78, 5) is 12.6. The van der Waals surface area contributed by atoms with Gasteiger partial charge in [0.1, 0.15) is 5.78 Å². The molecule has 1 heteroatoms. The Hall–Kier alpha value is -0.590. The Labute approximate surface area is 148 Å². The van der Waals surface area contributed by atoms with Crippen molar-refractivity contribution in [1.82, 2.24) is 0 Å². The summed E-state index contributed by atoms with van der Waals surface area (Å²) < 4.78 is 0. The predicted octanol–water partition coefficient (Wildman–Crippen LogP) is 6.18. The number of carbonyl (C=O) groups is 1. The van der Waals surface area contributed by atoms with E-state index in [2.05, 4.69) is 47.6 Å². The van der Waals surface area contributed by atoms with E-state index in [-0.39, 0.29) is 5.41 Å². The van der Waals surface area contributed by atoms with Crippen LogP contribution < -0.4 is 0 Å². The zero-order valence-corrected chi connectivity index (χ0v) is 16.7. The van der Waals surface area contributed by atoms with Gasteiger partial charge in [0.05, 0.1) is 0 Å². The van der Waals surface area contributed by atoms with Crippen LogP contribution in [0, 0.1) is 39.4 Å². The van der Waals surface area contributed by atoms with Gasteiger partial charge in [0, 0.05) is 11.8 Å². The molecule has 0 amide bonds. The molecule has 2 unspecified atom stereocenters. The van der Waals surface area contributed by atoms with Crippen LogP contribution in [0.25, 0.3) is 0 Å². The van der Waals surface area contributed by atoms with Crippen molar-refractivity contribution in [3.63, 3.8) is 0 Å². The fourth-order valence-electron chi connectivity index (χ4n) is 7.81. The molecule has 0 aromatic carbocycles. The highest BCUT2D eigenvalue weighted by molar-refractivity contribution is 5.85. The molecule has 0 aromatic rings. The summed E-state index contributed by atoms with van der Waals surface area (Å²) in [5.41, 5.74) is 2.87. The molecule has 0 saturated heterocycles. The normalized spacial score (nSPS) is 53.0. The average Bonchev–Trinajstić information content (AvgIpc) is 2.76. The Balaban J connectivity index is 1.80. The lowest BCUT2D eigenvalue weighted by atomic mass is 9.41. The molecule has 4 aliphatic rings. The lowest BCUT2D eigenvalue weighted by Gasteiger charge is -2.62. The highest BCUT2D eigenvalue weighted by atomic mass is 16.1. The third kappa shape index (κ3) is 1.75. The molecule has 1 nitrogen and oxygen atoms in total. The molecule has 24 heavy (non-hydrogen) atoms. The fourth-order valence-corrected chi connectivity index (χ4v) is 7.81. The maximum atomic E-state index is 12.6. The number of Topliss-reactive ketones (excluding diaryl/α,β-unsaturated/α-hetero) is 1. The molecule has 0 bridgehead atoms. The second-order valence-electron chi connectivity index (χ2n) is 10.9. The summed E-state index contributed by atoms with van der Waals surface area (Å²) in [6, 6.07) is 0. The molecule has 3 saturated carbocycles. The van der Waals surface area contributed by atoms with Crippen LogP contribution in [0.5, 0.6) is 0 Å². The molecule has 6 atom stereocenters. The molecule has 4 rings (SSSR count). The van der Waals surface area contributed by atoms with Crippen LogP contribution >= 0.6 is 0 Å². The Kier molecular flexibility index (Phi) is 3.35. The minimum Gasteiger partial charge on any atom is -0.299 e. The molecule has 0 aliphatic heterocycles. The van der Waals surface area contributed by atoms with Crippen LogP contribution in [-0.2, 0) is 4.79 Å². The van der Waals surface area contributed by atoms with Crippen molar-refractivity contribution in [2.24, 2.45) is 39.4 Å². The maximum Gasteiger partial charge on any atom is 0.138 e. The summed E-state index contributed by atoms with van der Waals surface area (Å²) in [7, 11) is 0. The van der Waals surface area contributed by atoms with Gasteiger partial charge in [-0.15, -0.1) is 0 Å². The number of ketones is 1. The van der Waals surface area contributed by atoms with Gasteiger partial charge in [0.15, 0.2) is 0 Å². The van der Waals surface area contributed by atoms with E-state index in [0.717, 1.165) is 25.2 Å². The number of fused-ring (bicyclic) bond motifs is 5. The zero-order chi connectivity index (χ0) is 17.5. The first-order chi connectivity index (χ1) is 11.1. The summed E-state index contributed by atoms with van der Waals surface area (Å²) in [6.45, 7) is 14.6. The molecule has 4 aliphatic carbocycles. The van der Waals surface area contributed by atoms with Gasteiger partial charge in [-0.1, -0.05) is 53.2 Å². The maximum absolute atomic E-state index is 12.6. The topological polar surface area (TPSA) is 17.1 Å². The number of rotatable bonds is 0. The Morgan fingerprint density at radius 2 is 1.71 bits per heavy atom. The van der Waals surface area contributed by atoms with Gasteiger partial charge in [-0.05, 0) is 72.5 Å². The smallest absolute Gasteiger partial charge is 0.138 e. The van der Waals surface area contributed by atoms with Gasteiger partial charge in [-0.2, -0.15) is 0 Å². The van der Waals surface area contributed by atoms with E-state index in [0.29, 0.717) is 33.9 Å². The average molecular weight is 329 g/mol. The molecular weight excluding hydrogens is 292 g/mol. The van der Waals surface area contributed by atoms with Crippen LogP contribution in [0.3, 0.4) is 0 Å². The summed E-state index contributed by atoms with van der Waals surface area (Å²) in [5, 5.41) is 0. The van der Waals surface area contributed by atoms with Crippen LogP contribution in [0.1, 0.15) is 86.5 Å². The lowest BCUT2D eigenvalue weighted by molar-refractivity contribution is -0.145. The number of allylic oxidation sites excluding steroid dienone is 2. The van der Waals surface area contributed by atoms with Crippen LogP contribution in [0.15, 0.2) is 11.6 Å². The molecule has 0 aromatic heterocycles. The standard InChI is InChI=1S/C23H36O/c1-15-9-13-23(6)17-7-8-18-20(2,3)19(24)11-12-21(18,4)16(17)10-14-22(15,23)5/h7,15-16,18H,8-14H2,1-6H3/t15-,16?,18?,21-,22+,23-/m1/s1. The Bertz CT molecular complexity index is 614. The van der Waals surface area contributed by atoms with E-state index >= 15 is 0 Å². The monoisotopic (exact) mass is 328 g/mol. The minimum atomic E-state index is -0.139. The third-order valence-corrected chi connectivity index (χ3v) is 10.0. The van der Waals surface area contributed by atoms with Crippen molar-refractivity contribution >= 4 is 5.78 Å². The van der Waals surface area contributed by atoms with Crippen molar-refractivity contribution in [2.75, 3.05) is 0 Å².